The van der Waals surface area contributed by atoms with E-state index in [0.29, 0.717) is 19.7 Å². The predicted molar refractivity (Wildman–Crippen MR) is 99.7 cm³/mol. The van der Waals surface area contributed by atoms with Crippen molar-refractivity contribution in [2.75, 3.05) is 6.54 Å². The van der Waals surface area contributed by atoms with Crippen LogP contribution in [0.15, 0.2) is 58.3 Å². The first-order valence-corrected chi connectivity index (χ1v) is 9.05. The molecule has 0 spiro atoms. The highest BCUT2D eigenvalue weighted by Gasteiger charge is 2.09. The minimum absolute atomic E-state index is 0.0564. The van der Waals surface area contributed by atoms with E-state index in [1.54, 1.807) is 4.57 Å². The number of benzene rings is 2. The molecule has 1 aliphatic rings. The Labute approximate surface area is 149 Å². The Balaban J connectivity index is 1.50. The summed E-state index contributed by atoms with van der Waals surface area (Å²) < 4.78 is 8.29. The molecular formula is C20H18N2O2S. The van der Waals surface area contributed by atoms with Gasteiger partial charge in [0.15, 0.2) is 4.80 Å². The summed E-state index contributed by atoms with van der Waals surface area (Å²) in [5, 5.41) is 0. The number of aromatic nitrogens is 1. The van der Waals surface area contributed by atoms with Gasteiger partial charge in [-0.1, -0.05) is 53.3 Å². The molecule has 5 heteroatoms. The van der Waals surface area contributed by atoms with Gasteiger partial charge in [-0.25, -0.2) is 0 Å². The lowest BCUT2D eigenvalue weighted by Gasteiger charge is -2.06. The Kier molecular flexibility index (Phi) is 4.24. The van der Waals surface area contributed by atoms with Crippen molar-refractivity contribution < 1.29 is 4.74 Å². The number of thiazole rings is 1. The molecular weight excluding hydrogens is 332 g/mol. The van der Waals surface area contributed by atoms with Crippen LogP contribution in [0.3, 0.4) is 0 Å². The first-order chi connectivity index (χ1) is 12.2. The number of nitrogens with zero attached hydrogens (tertiary/aromatic N) is 2. The molecule has 0 atom stereocenters. The Morgan fingerprint density at radius 2 is 1.92 bits per heavy atom. The van der Waals surface area contributed by atoms with Crippen LogP contribution in [-0.2, 0) is 13.2 Å². The van der Waals surface area contributed by atoms with Crippen molar-refractivity contribution in [1.29, 1.82) is 0 Å². The zero-order valence-electron chi connectivity index (χ0n) is 13.9. The van der Waals surface area contributed by atoms with Crippen molar-refractivity contribution in [2.45, 2.75) is 20.1 Å². The largest absolute Gasteiger partial charge is 0.489 e. The van der Waals surface area contributed by atoms with E-state index < -0.39 is 0 Å². The van der Waals surface area contributed by atoms with Gasteiger partial charge < -0.3 is 4.74 Å². The Morgan fingerprint density at radius 3 is 2.64 bits per heavy atom. The van der Waals surface area contributed by atoms with Crippen LogP contribution in [-0.4, -0.2) is 11.1 Å². The normalized spacial score (nSPS) is 13.6. The van der Waals surface area contributed by atoms with Crippen molar-refractivity contribution >= 4 is 17.4 Å². The highest BCUT2D eigenvalue weighted by atomic mass is 32.1. The summed E-state index contributed by atoms with van der Waals surface area (Å²) in [6, 6.07) is 16.1. The van der Waals surface area contributed by atoms with Crippen LogP contribution in [0.1, 0.15) is 16.7 Å². The van der Waals surface area contributed by atoms with Crippen LogP contribution in [0.5, 0.6) is 5.75 Å². The van der Waals surface area contributed by atoms with Crippen molar-refractivity contribution in [3.63, 3.8) is 0 Å². The molecule has 0 saturated carbocycles. The highest BCUT2D eigenvalue weighted by Crippen LogP contribution is 2.15. The van der Waals surface area contributed by atoms with Gasteiger partial charge >= 0.3 is 0 Å². The third-order valence-corrected chi connectivity index (χ3v) is 5.21. The summed E-state index contributed by atoms with van der Waals surface area (Å²) in [6.07, 6.45) is 1.91. The van der Waals surface area contributed by atoms with Gasteiger partial charge in [0.25, 0.3) is 5.56 Å². The monoisotopic (exact) mass is 350 g/mol. The summed E-state index contributed by atoms with van der Waals surface area (Å²) >= 11 is 1.45. The van der Waals surface area contributed by atoms with Crippen LogP contribution in [0, 0.1) is 6.92 Å². The number of rotatable bonds is 4. The van der Waals surface area contributed by atoms with E-state index in [9.17, 15) is 4.79 Å². The van der Waals surface area contributed by atoms with E-state index in [-0.39, 0.29) is 5.56 Å². The Bertz CT molecular complexity index is 1060. The minimum Gasteiger partial charge on any atom is -0.489 e. The summed E-state index contributed by atoms with van der Waals surface area (Å²) in [7, 11) is 0. The van der Waals surface area contributed by atoms with Crippen LogP contribution < -0.4 is 19.6 Å². The molecule has 0 bridgehead atoms. The SMILES string of the molecule is Cc1ccc(COc2ccc(/C=c3\sc4n(c3=O)CCN=4)cc2)cc1. The summed E-state index contributed by atoms with van der Waals surface area (Å²) in [5.74, 6) is 0.818. The quantitative estimate of drug-likeness (QED) is 0.724. The van der Waals surface area contributed by atoms with E-state index in [4.69, 9.17) is 4.74 Å². The first kappa shape index (κ1) is 15.8. The van der Waals surface area contributed by atoms with Gasteiger partial charge in [-0.15, -0.1) is 0 Å². The smallest absolute Gasteiger partial charge is 0.270 e. The van der Waals surface area contributed by atoms with Gasteiger partial charge in [-0.2, -0.15) is 0 Å². The standard InChI is InChI=1S/C20H18N2O2S/c1-14-2-4-16(5-3-14)13-24-17-8-6-15(7-9-17)12-18-19(23)22-11-10-21-20(22)25-18/h2-9,12H,10-11,13H2,1H3/b18-12-. The van der Waals surface area contributed by atoms with Crippen molar-refractivity contribution in [2.24, 2.45) is 4.99 Å². The first-order valence-electron chi connectivity index (χ1n) is 8.23. The number of hydrogen-bond acceptors (Lipinski definition) is 4. The second kappa shape index (κ2) is 6.69. The van der Waals surface area contributed by atoms with Crippen LogP contribution in [0.4, 0.5) is 0 Å². The van der Waals surface area contributed by atoms with E-state index in [2.05, 4.69) is 36.2 Å². The summed E-state index contributed by atoms with van der Waals surface area (Å²) in [4.78, 5) is 17.4. The average molecular weight is 350 g/mol. The third-order valence-electron chi connectivity index (χ3n) is 4.16. The molecule has 3 aromatic rings. The second-order valence-electron chi connectivity index (χ2n) is 6.08. The van der Waals surface area contributed by atoms with E-state index in [1.165, 1.54) is 16.9 Å². The van der Waals surface area contributed by atoms with Gasteiger partial charge in [-0.05, 0) is 36.3 Å². The Morgan fingerprint density at radius 1 is 1.16 bits per heavy atom. The number of hydrogen-bond donors (Lipinski definition) is 0. The number of aryl methyl sites for hydroxylation is 1. The van der Waals surface area contributed by atoms with Crippen molar-refractivity contribution in [1.82, 2.24) is 4.57 Å². The van der Waals surface area contributed by atoms with Gasteiger partial charge in [0.05, 0.1) is 11.1 Å². The molecule has 2 heterocycles. The minimum atomic E-state index is 0.0564. The molecule has 0 radical (unpaired) electrons. The molecule has 4 nitrogen and oxygen atoms in total. The molecule has 25 heavy (non-hydrogen) atoms. The molecule has 2 aromatic carbocycles. The van der Waals surface area contributed by atoms with Gasteiger partial charge in [0.1, 0.15) is 12.4 Å². The molecule has 0 aliphatic carbocycles. The molecule has 0 unspecified atom stereocenters. The fraction of sp³-hybridized carbons (Fsp3) is 0.200. The molecule has 1 aliphatic heterocycles. The average Bonchev–Trinajstić information content (AvgIpc) is 3.19. The molecule has 0 fully saturated rings. The fourth-order valence-corrected chi connectivity index (χ4v) is 3.76. The van der Waals surface area contributed by atoms with Crippen molar-refractivity contribution in [3.8, 4) is 5.75 Å². The van der Waals surface area contributed by atoms with Gasteiger partial charge in [0, 0.05) is 6.54 Å². The van der Waals surface area contributed by atoms with E-state index in [1.807, 2.05) is 30.3 Å². The zero-order chi connectivity index (χ0) is 17.2. The van der Waals surface area contributed by atoms with E-state index >= 15 is 0 Å². The van der Waals surface area contributed by atoms with E-state index in [0.717, 1.165) is 26.2 Å². The maximum absolute atomic E-state index is 12.3. The lowest BCUT2D eigenvalue weighted by atomic mass is 10.2. The van der Waals surface area contributed by atoms with Crippen LogP contribution in [0.25, 0.3) is 6.08 Å². The molecule has 1 aromatic heterocycles. The number of fused-ring (bicyclic) bond motifs is 1. The lowest BCUT2D eigenvalue weighted by Crippen LogP contribution is -2.29. The third kappa shape index (κ3) is 3.42. The maximum Gasteiger partial charge on any atom is 0.270 e. The van der Waals surface area contributed by atoms with Gasteiger partial charge in [0.2, 0.25) is 0 Å². The molecule has 0 saturated heterocycles. The van der Waals surface area contributed by atoms with Gasteiger partial charge in [-0.3, -0.25) is 14.4 Å². The second-order valence-corrected chi connectivity index (χ2v) is 7.08. The summed E-state index contributed by atoms with van der Waals surface area (Å²) in [5.41, 5.74) is 3.43. The Hall–Kier alpha value is -2.66. The van der Waals surface area contributed by atoms with Crippen LogP contribution in [0.2, 0.25) is 0 Å². The maximum atomic E-state index is 12.3. The molecule has 126 valence electrons. The highest BCUT2D eigenvalue weighted by molar-refractivity contribution is 7.07. The molecule has 0 N–H and O–H groups in total. The molecule has 4 rings (SSSR count). The molecule has 0 amide bonds. The fourth-order valence-electron chi connectivity index (χ4n) is 2.73. The topological polar surface area (TPSA) is 43.6 Å². The summed E-state index contributed by atoms with van der Waals surface area (Å²) in [6.45, 7) is 4.03. The predicted octanol–water partition coefficient (Wildman–Crippen LogP) is 2.26. The lowest BCUT2D eigenvalue weighted by molar-refractivity contribution is 0.306. The van der Waals surface area contributed by atoms with Crippen molar-refractivity contribution in [3.05, 3.63) is 84.9 Å². The zero-order valence-corrected chi connectivity index (χ0v) is 14.8. The number of ether oxygens (including phenoxy) is 1. The van der Waals surface area contributed by atoms with Crippen LogP contribution >= 0.6 is 11.3 Å².